The van der Waals surface area contributed by atoms with Gasteiger partial charge in [0.2, 0.25) is 10.0 Å². The maximum absolute atomic E-state index is 12.3. The van der Waals surface area contributed by atoms with Gasteiger partial charge in [0.05, 0.1) is 11.0 Å². The Bertz CT molecular complexity index is 1040. The van der Waals surface area contributed by atoms with E-state index in [-0.39, 0.29) is 24.9 Å². The van der Waals surface area contributed by atoms with Gasteiger partial charge in [0, 0.05) is 19.2 Å². The van der Waals surface area contributed by atoms with Gasteiger partial charge >= 0.3 is 6.03 Å². The van der Waals surface area contributed by atoms with Crippen LogP contribution < -0.4 is 15.4 Å². The first-order chi connectivity index (χ1) is 13.8. The van der Waals surface area contributed by atoms with Crippen molar-refractivity contribution in [3.8, 4) is 5.75 Å². The summed E-state index contributed by atoms with van der Waals surface area (Å²) in [6.07, 6.45) is 1.31. The van der Waals surface area contributed by atoms with Crippen LogP contribution >= 0.6 is 0 Å². The molecule has 0 bridgehead atoms. The highest BCUT2D eigenvalue weighted by molar-refractivity contribution is 7.89. The maximum atomic E-state index is 12.3. The minimum absolute atomic E-state index is 0.00862. The summed E-state index contributed by atoms with van der Waals surface area (Å²) in [5.74, 6) is 0.205. The van der Waals surface area contributed by atoms with E-state index in [2.05, 4.69) is 15.4 Å². The van der Waals surface area contributed by atoms with E-state index in [1.54, 1.807) is 12.1 Å². The number of nitro benzene ring substituents is 1. The lowest BCUT2D eigenvalue weighted by Gasteiger charge is -2.15. The Morgan fingerprint density at radius 3 is 2.69 bits per heavy atom. The number of urea groups is 1. The van der Waals surface area contributed by atoms with Crippen LogP contribution in [0.5, 0.6) is 5.75 Å². The summed E-state index contributed by atoms with van der Waals surface area (Å²) in [5.41, 5.74) is 1.15. The summed E-state index contributed by atoms with van der Waals surface area (Å²) in [4.78, 5) is 21.9. The zero-order valence-electron chi connectivity index (χ0n) is 15.3. The van der Waals surface area contributed by atoms with E-state index in [0.29, 0.717) is 12.8 Å². The fourth-order valence-electron chi connectivity index (χ4n) is 3.27. The molecule has 0 fully saturated rings. The molecule has 1 aliphatic carbocycles. The number of rotatable bonds is 7. The normalized spacial score (nSPS) is 15.5. The summed E-state index contributed by atoms with van der Waals surface area (Å²) in [7, 11) is -4.09. The van der Waals surface area contributed by atoms with Crippen LogP contribution in [0, 0.1) is 10.1 Å². The molecule has 2 aromatic carbocycles. The number of carbonyl (C=O) groups is 1. The number of amides is 2. The van der Waals surface area contributed by atoms with Gasteiger partial charge in [-0.25, -0.2) is 17.9 Å². The first kappa shape index (κ1) is 20.6. The summed E-state index contributed by atoms with van der Waals surface area (Å²) in [6, 6.07) is 9.47. The average molecular weight is 420 g/mol. The molecule has 0 aliphatic heterocycles. The van der Waals surface area contributed by atoms with Crippen LogP contribution in [0.25, 0.3) is 0 Å². The Labute approximate surface area is 167 Å². The number of hydrogen-bond donors (Lipinski definition) is 4. The fourth-order valence-corrected chi connectivity index (χ4v) is 4.47. The number of sulfonamides is 1. The van der Waals surface area contributed by atoms with Crippen molar-refractivity contribution in [3.05, 3.63) is 63.7 Å². The highest BCUT2D eigenvalue weighted by atomic mass is 32.2. The van der Waals surface area contributed by atoms with Gasteiger partial charge in [0.25, 0.3) is 5.69 Å². The second-order valence-electron chi connectivity index (χ2n) is 6.46. The lowest BCUT2D eigenvalue weighted by atomic mass is 10.1. The van der Waals surface area contributed by atoms with Crippen molar-refractivity contribution in [2.45, 2.75) is 23.8 Å². The minimum Gasteiger partial charge on any atom is -0.508 e. The Balaban J connectivity index is 1.51. The highest BCUT2D eigenvalue weighted by Crippen LogP contribution is 2.36. The largest absolute Gasteiger partial charge is 0.508 e. The number of fused-ring (bicyclic) bond motifs is 1. The van der Waals surface area contributed by atoms with Crippen molar-refractivity contribution in [1.29, 1.82) is 0 Å². The Hall–Kier alpha value is -3.18. The second-order valence-corrected chi connectivity index (χ2v) is 8.19. The first-order valence-electron chi connectivity index (χ1n) is 8.88. The first-order valence-corrected chi connectivity index (χ1v) is 10.4. The molecule has 1 unspecified atom stereocenters. The van der Waals surface area contributed by atoms with E-state index < -0.39 is 31.6 Å². The summed E-state index contributed by atoms with van der Waals surface area (Å²) in [5, 5.41) is 26.2. The number of hydrogen-bond acceptors (Lipinski definition) is 6. The van der Waals surface area contributed by atoms with Crippen molar-refractivity contribution in [2.75, 3.05) is 13.1 Å². The van der Waals surface area contributed by atoms with E-state index in [1.807, 2.05) is 6.07 Å². The lowest BCUT2D eigenvalue weighted by molar-refractivity contribution is -0.387. The lowest BCUT2D eigenvalue weighted by Crippen LogP contribution is -2.41. The molecule has 0 saturated heterocycles. The number of nitrogens with one attached hydrogen (secondary N) is 3. The van der Waals surface area contributed by atoms with Gasteiger partial charge in [0.1, 0.15) is 5.75 Å². The zero-order valence-corrected chi connectivity index (χ0v) is 16.1. The predicted octanol–water partition coefficient (Wildman–Crippen LogP) is 1.57. The number of nitrogens with zero attached hydrogens (tertiary/aromatic N) is 1. The van der Waals surface area contributed by atoms with Crippen molar-refractivity contribution in [2.24, 2.45) is 0 Å². The number of nitro groups is 1. The van der Waals surface area contributed by atoms with Gasteiger partial charge in [0.15, 0.2) is 4.90 Å². The molecule has 11 heteroatoms. The number of phenols is 1. The molecular weight excluding hydrogens is 400 g/mol. The topological polar surface area (TPSA) is 151 Å². The molecular formula is C18H20N4O6S. The third-order valence-electron chi connectivity index (χ3n) is 4.61. The summed E-state index contributed by atoms with van der Waals surface area (Å²) >= 11 is 0. The SMILES string of the molecule is O=C(NCCNS(=O)(=O)c1ccccc1[N+](=O)[O-])NC1CCc2c(O)cccc21. The third-order valence-corrected chi connectivity index (χ3v) is 6.11. The van der Waals surface area contributed by atoms with Crippen LogP contribution in [-0.2, 0) is 16.4 Å². The number of carbonyl (C=O) groups excluding carboxylic acids is 1. The van der Waals surface area contributed by atoms with Crippen LogP contribution in [0.3, 0.4) is 0 Å². The van der Waals surface area contributed by atoms with Gasteiger partial charge in [-0.3, -0.25) is 10.1 Å². The number of para-hydroxylation sites is 1. The van der Waals surface area contributed by atoms with Gasteiger partial charge in [-0.05, 0) is 36.1 Å². The van der Waals surface area contributed by atoms with Crippen LogP contribution in [-0.4, -0.2) is 37.6 Å². The molecule has 4 N–H and O–H groups in total. The van der Waals surface area contributed by atoms with Crippen LogP contribution in [0.1, 0.15) is 23.6 Å². The van der Waals surface area contributed by atoms with Crippen LogP contribution in [0.4, 0.5) is 10.5 Å². The van der Waals surface area contributed by atoms with E-state index in [9.17, 15) is 28.4 Å². The van der Waals surface area contributed by atoms with Crippen LogP contribution in [0.2, 0.25) is 0 Å². The number of benzene rings is 2. The number of aromatic hydroxyl groups is 1. The second kappa shape index (κ2) is 8.45. The smallest absolute Gasteiger partial charge is 0.315 e. The van der Waals surface area contributed by atoms with Crippen molar-refractivity contribution < 1.29 is 23.2 Å². The monoisotopic (exact) mass is 420 g/mol. The molecule has 10 nitrogen and oxygen atoms in total. The molecule has 0 saturated carbocycles. The minimum atomic E-state index is -4.09. The van der Waals surface area contributed by atoms with E-state index in [4.69, 9.17) is 0 Å². The Morgan fingerprint density at radius 1 is 1.17 bits per heavy atom. The molecule has 1 aliphatic rings. The van der Waals surface area contributed by atoms with Crippen molar-refractivity contribution >= 4 is 21.7 Å². The molecule has 0 radical (unpaired) electrons. The maximum Gasteiger partial charge on any atom is 0.315 e. The predicted molar refractivity (Wildman–Crippen MR) is 104 cm³/mol. The molecule has 154 valence electrons. The number of phenolic OH excluding ortho intramolecular Hbond substituents is 1. The highest BCUT2D eigenvalue weighted by Gasteiger charge is 2.26. The Kier molecular flexibility index (Phi) is 5.99. The standard InChI is InChI=1S/C18H20N4O6S/c23-16-6-3-4-12-13(16)8-9-14(12)21-18(24)19-10-11-20-29(27,28)17-7-2-1-5-15(17)22(25)26/h1-7,14,20,23H,8-11H2,(H2,19,21,24). The molecule has 0 aromatic heterocycles. The summed E-state index contributed by atoms with van der Waals surface area (Å²) < 4.78 is 26.8. The quantitative estimate of drug-likeness (QED) is 0.303. The molecule has 29 heavy (non-hydrogen) atoms. The average Bonchev–Trinajstić information content (AvgIpc) is 3.09. The fraction of sp³-hybridized carbons (Fsp3) is 0.278. The van der Waals surface area contributed by atoms with Crippen molar-refractivity contribution in [3.63, 3.8) is 0 Å². The van der Waals surface area contributed by atoms with E-state index >= 15 is 0 Å². The summed E-state index contributed by atoms with van der Waals surface area (Å²) in [6.45, 7) is -0.144. The van der Waals surface area contributed by atoms with Gasteiger partial charge in [-0.2, -0.15) is 0 Å². The van der Waals surface area contributed by atoms with Gasteiger partial charge < -0.3 is 15.7 Å². The Morgan fingerprint density at radius 2 is 1.93 bits per heavy atom. The molecule has 0 heterocycles. The molecule has 2 aromatic rings. The zero-order chi connectivity index (χ0) is 21.0. The molecule has 1 atom stereocenters. The van der Waals surface area contributed by atoms with E-state index in [1.165, 1.54) is 12.1 Å². The van der Waals surface area contributed by atoms with Crippen LogP contribution in [0.15, 0.2) is 47.4 Å². The van der Waals surface area contributed by atoms with Crippen molar-refractivity contribution in [1.82, 2.24) is 15.4 Å². The third kappa shape index (κ3) is 4.63. The molecule has 3 rings (SSSR count). The van der Waals surface area contributed by atoms with E-state index in [0.717, 1.165) is 23.3 Å². The molecule has 0 spiro atoms. The van der Waals surface area contributed by atoms with Gasteiger partial charge in [-0.1, -0.05) is 24.3 Å². The molecule has 2 amide bonds. The van der Waals surface area contributed by atoms with Gasteiger partial charge in [-0.15, -0.1) is 0 Å².